The maximum atomic E-state index is 12.4. The highest BCUT2D eigenvalue weighted by molar-refractivity contribution is 5.82. The van der Waals surface area contributed by atoms with Crippen molar-refractivity contribution in [2.45, 2.75) is 50.4 Å². The summed E-state index contributed by atoms with van der Waals surface area (Å²) in [6.07, 6.45) is 4.94. The number of carbonyl (C=O) groups excluding carboxylic acids is 1. The van der Waals surface area contributed by atoms with Crippen molar-refractivity contribution >= 4 is 16.9 Å². The number of aromatic nitrogens is 1. The van der Waals surface area contributed by atoms with Gasteiger partial charge in [0.25, 0.3) is 0 Å². The second kappa shape index (κ2) is 6.73. The number of fused-ring (bicyclic) bond motifs is 2. The lowest BCUT2D eigenvalue weighted by Gasteiger charge is -2.35. The Labute approximate surface area is 147 Å². The number of aliphatic hydroxyl groups excluding tert-OH is 1. The van der Waals surface area contributed by atoms with Crippen LogP contribution in [0.5, 0.6) is 0 Å². The van der Waals surface area contributed by atoms with Gasteiger partial charge in [-0.05, 0) is 49.3 Å². The standard InChI is InChI=1S/C20H24N2O3/c1-25-20(24)19-10-13-6-7-15(23)11-18(13)22(19)12-14-8-9-21-17-5-3-2-4-16(14)17/h2-5,8-9,13,15,18-19,23H,6-7,10-12H2,1H3/t13-,15-,18-,19+/m1/s1. The number of aliphatic hydroxyl groups is 1. The van der Waals surface area contributed by atoms with Gasteiger partial charge in [0.15, 0.2) is 0 Å². The van der Waals surface area contributed by atoms with Crippen LogP contribution < -0.4 is 0 Å². The van der Waals surface area contributed by atoms with E-state index in [1.165, 1.54) is 12.7 Å². The molecule has 1 saturated carbocycles. The molecule has 1 N–H and O–H groups in total. The second-order valence-electron chi connectivity index (χ2n) is 7.23. The van der Waals surface area contributed by atoms with Gasteiger partial charge in [-0.1, -0.05) is 18.2 Å². The molecule has 0 bridgehead atoms. The summed E-state index contributed by atoms with van der Waals surface area (Å²) < 4.78 is 5.07. The van der Waals surface area contributed by atoms with E-state index in [9.17, 15) is 9.90 Å². The summed E-state index contributed by atoms with van der Waals surface area (Å²) >= 11 is 0. The van der Waals surface area contributed by atoms with Crippen molar-refractivity contribution in [3.8, 4) is 0 Å². The average Bonchev–Trinajstić information content (AvgIpc) is 2.99. The third-order valence-corrected chi connectivity index (χ3v) is 5.85. The van der Waals surface area contributed by atoms with Crippen LogP contribution in [0.15, 0.2) is 36.5 Å². The zero-order chi connectivity index (χ0) is 17.4. The molecule has 1 aliphatic heterocycles. The maximum absolute atomic E-state index is 12.4. The number of nitrogens with zero attached hydrogens (tertiary/aromatic N) is 2. The molecule has 25 heavy (non-hydrogen) atoms. The molecule has 4 rings (SSSR count). The van der Waals surface area contributed by atoms with Gasteiger partial charge >= 0.3 is 5.97 Å². The van der Waals surface area contributed by atoms with E-state index in [0.717, 1.165) is 36.6 Å². The van der Waals surface area contributed by atoms with Gasteiger partial charge in [-0.2, -0.15) is 0 Å². The molecule has 1 aliphatic carbocycles. The third kappa shape index (κ3) is 3.02. The molecule has 2 aromatic rings. The lowest BCUT2D eigenvalue weighted by Crippen LogP contribution is -2.44. The molecular formula is C20H24N2O3. The number of hydrogen-bond donors (Lipinski definition) is 1. The summed E-state index contributed by atoms with van der Waals surface area (Å²) in [7, 11) is 1.46. The summed E-state index contributed by atoms with van der Waals surface area (Å²) in [4.78, 5) is 19.0. The number of esters is 1. The van der Waals surface area contributed by atoms with E-state index >= 15 is 0 Å². The Bertz CT molecular complexity index is 773. The Balaban J connectivity index is 1.68. The van der Waals surface area contributed by atoms with Crippen LogP contribution >= 0.6 is 0 Å². The van der Waals surface area contributed by atoms with E-state index in [4.69, 9.17) is 4.74 Å². The molecule has 0 spiro atoms. The lowest BCUT2D eigenvalue weighted by molar-refractivity contribution is -0.146. The van der Waals surface area contributed by atoms with Gasteiger partial charge in [0.2, 0.25) is 0 Å². The van der Waals surface area contributed by atoms with Gasteiger partial charge < -0.3 is 9.84 Å². The van der Waals surface area contributed by atoms with E-state index in [1.807, 2.05) is 30.5 Å². The minimum Gasteiger partial charge on any atom is -0.468 e. The summed E-state index contributed by atoms with van der Waals surface area (Å²) in [6, 6.07) is 10.1. The minimum atomic E-state index is -0.269. The highest BCUT2D eigenvalue weighted by Gasteiger charge is 2.47. The molecule has 2 heterocycles. The molecule has 1 aromatic carbocycles. The third-order valence-electron chi connectivity index (χ3n) is 5.85. The Morgan fingerprint density at radius 1 is 1.28 bits per heavy atom. The Morgan fingerprint density at radius 2 is 2.12 bits per heavy atom. The zero-order valence-electron chi connectivity index (χ0n) is 14.5. The summed E-state index contributed by atoms with van der Waals surface area (Å²) in [5.74, 6) is 0.294. The van der Waals surface area contributed by atoms with E-state index < -0.39 is 0 Å². The van der Waals surface area contributed by atoms with Gasteiger partial charge in [-0.3, -0.25) is 14.7 Å². The Hall–Kier alpha value is -1.98. The van der Waals surface area contributed by atoms with Gasteiger partial charge in [-0.15, -0.1) is 0 Å². The zero-order valence-corrected chi connectivity index (χ0v) is 14.5. The van der Waals surface area contributed by atoms with Crippen molar-refractivity contribution in [3.05, 3.63) is 42.1 Å². The maximum Gasteiger partial charge on any atom is 0.323 e. The molecule has 0 unspecified atom stereocenters. The summed E-state index contributed by atoms with van der Waals surface area (Å²) in [6.45, 7) is 0.677. The molecule has 132 valence electrons. The number of likely N-dealkylation sites (tertiary alicyclic amines) is 1. The van der Waals surface area contributed by atoms with Crippen molar-refractivity contribution in [1.29, 1.82) is 0 Å². The van der Waals surface area contributed by atoms with E-state index in [0.29, 0.717) is 12.5 Å². The number of para-hydroxylation sites is 1. The average molecular weight is 340 g/mol. The SMILES string of the molecule is COC(=O)[C@@H]1C[C@H]2CC[C@@H](O)C[C@H]2N1Cc1ccnc2ccccc12. The molecule has 1 saturated heterocycles. The highest BCUT2D eigenvalue weighted by atomic mass is 16.5. The molecule has 2 fully saturated rings. The van der Waals surface area contributed by atoms with Gasteiger partial charge in [0, 0.05) is 24.2 Å². The van der Waals surface area contributed by atoms with Crippen LogP contribution in [0.25, 0.3) is 10.9 Å². The van der Waals surface area contributed by atoms with Crippen LogP contribution in [0, 0.1) is 5.92 Å². The monoisotopic (exact) mass is 340 g/mol. The molecule has 0 radical (unpaired) electrons. The molecule has 5 heteroatoms. The number of pyridine rings is 1. The Kier molecular flexibility index (Phi) is 4.44. The van der Waals surface area contributed by atoms with Gasteiger partial charge in [-0.25, -0.2) is 0 Å². The van der Waals surface area contributed by atoms with Crippen molar-refractivity contribution in [1.82, 2.24) is 9.88 Å². The molecular weight excluding hydrogens is 316 g/mol. The molecule has 4 atom stereocenters. The molecule has 5 nitrogen and oxygen atoms in total. The first-order chi connectivity index (χ1) is 12.2. The quantitative estimate of drug-likeness (QED) is 0.870. The van der Waals surface area contributed by atoms with E-state index in [1.54, 1.807) is 0 Å². The number of methoxy groups -OCH3 is 1. The van der Waals surface area contributed by atoms with Crippen LogP contribution in [0.4, 0.5) is 0 Å². The van der Waals surface area contributed by atoms with Crippen molar-refractivity contribution in [2.24, 2.45) is 5.92 Å². The lowest BCUT2D eigenvalue weighted by atomic mass is 9.83. The largest absolute Gasteiger partial charge is 0.468 e. The fraction of sp³-hybridized carbons (Fsp3) is 0.500. The van der Waals surface area contributed by atoms with Crippen molar-refractivity contribution < 1.29 is 14.6 Å². The predicted molar refractivity (Wildman–Crippen MR) is 94.8 cm³/mol. The topological polar surface area (TPSA) is 62.7 Å². The van der Waals surface area contributed by atoms with E-state index in [-0.39, 0.29) is 24.2 Å². The predicted octanol–water partition coefficient (Wildman–Crippen LogP) is 2.51. The van der Waals surface area contributed by atoms with Gasteiger partial charge in [0.1, 0.15) is 6.04 Å². The first kappa shape index (κ1) is 16.5. The number of hydrogen-bond acceptors (Lipinski definition) is 5. The van der Waals surface area contributed by atoms with E-state index in [2.05, 4.69) is 16.0 Å². The number of ether oxygens (including phenoxy) is 1. The van der Waals surface area contributed by atoms with Crippen LogP contribution in [-0.2, 0) is 16.1 Å². The summed E-state index contributed by atoms with van der Waals surface area (Å²) in [5.41, 5.74) is 2.13. The normalized spacial score (nSPS) is 29.5. The number of carbonyl (C=O) groups is 1. The Morgan fingerprint density at radius 3 is 2.96 bits per heavy atom. The highest BCUT2D eigenvalue weighted by Crippen LogP contribution is 2.41. The first-order valence-corrected chi connectivity index (χ1v) is 9.01. The first-order valence-electron chi connectivity index (χ1n) is 9.01. The summed E-state index contributed by atoms with van der Waals surface area (Å²) in [5, 5.41) is 11.3. The fourth-order valence-electron chi connectivity index (χ4n) is 4.61. The second-order valence-corrected chi connectivity index (χ2v) is 7.23. The van der Waals surface area contributed by atoms with Crippen LogP contribution in [0.1, 0.15) is 31.2 Å². The number of benzene rings is 1. The molecule has 0 amide bonds. The van der Waals surface area contributed by atoms with Crippen molar-refractivity contribution in [2.75, 3.05) is 7.11 Å². The van der Waals surface area contributed by atoms with Crippen LogP contribution in [0.3, 0.4) is 0 Å². The smallest absolute Gasteiger partial charge is 0.323 e. The minimum absolute atomic E-state index is 0.165. The molecule has 1 aromatic heterocycles. The van der Waals surface area contributed by atoms with Gasteiger partial charge in [0.05, 0.1) is 18.7 Å². The van der Waals surface area contributed by atoms with Crippen LogP contribution in [0.2, 0.25) is 0 Å². The number of rotatable bonds is 3. The molecule has 2 aliphatic rings. The van der Waals surface area contributed by atoms with Crippen LogP contribution in [-0.4, -0.2) is 46.3 Å². The van der Waals surface area contributed by atoms with Crippen molar-refractivity contribution in [3.63, 3.8) is 0 Å². The fourth-order valence-corrected chi connectivity index (χ4v) is 4.61.